The molecule has 1 N–H and O–H groups in total. The topological polar surface area (TPSA) is 58.6 Å². The predicted molar refractivity (Wildman–Crippen MR) is 120 cm³/mol. The number of halogens is 1. The Morgan fingerprint density at radius 3 is 2.52 bits per heavy atom. The lowest BCUT2D eigenvalue weighted by Gasteiger charge is -2.24. The van der Waals surface area contributed by atoms with Gasteiger partial charge in [-0.15, -0.1) is 11.8 Å². The van der Waals surface area contributed by atoms with Gasteiger partial charge in [-0.1, -0.05) is 48.5 Å². The van der Waals surface area contributed by atoms with Crippen LogP contribution in [0.3, 0.4) is 0 Å². The van der Waals surface area contributed by atoms with Crippen LogP contribution >= 0.6 is 11.8 Å². The van der Waals surface area contributed by atoms with Crippen molar-refractivity contribution in [3.63, 3.8) is 0 Å². The second-order valence-corrected chi connectivity index (χ2v) is 8.12. The lowest BCUT2D eigenvalue weighted by Crippen LogP contribution is -2.34. The zero-order chi connectivity index (χ0) is 21.6. The van der Waals surface area contributed by atoms with E-state index in [2.05, 4.69) is 5.32 Å². The number of rotatable bonds is 6. The van der Waals surface area contributed by atoms with Gasteiger partial charge in [0.15, 0.2) is 6.61 Å². The lowest BCUT2D eigenvalue weighted by atomic mass is 10.2. The summed E-state index contributed by atoms with van der Waals surface area (Å²) in [5, 5.41) is 2.44. The van der Waals surface area contributed by atoms with Crippen LogP contribution in [-0.4, -0.2) is 35.6 Å². The molecule has 1 fully saturated rings. The SMILES string of the molecule is O=C(Nc1ccccc1)c1ccccc1OCC(=O)N1CCSC1c1ccccc1F. The van der Waals surface area contributed by atoms with Gasteiger partial charge in [0, 0.05) is 23.5 Å². The number of hydrogen-bond donors (Lipinski definition) is 1. The van der Waals surface area contributed by atoms with Crippen LogP contribution in [0, 0.1) is 5.82 Å². The fourth-order valence-electron chi connectivity index (χ4n) is 3.38. The molecule has 0 aliphatic carbocycles. The molecule has 1 atom stereocenters. The van der Waals surface area contributed by atoms with Gasteiger partial charge >= 0.3 is 0 Å². The fourth-order valence-corrected chi connectivity index (χ4v) is 4.68. The van der Waals surface area contributed by atoms with E-state index in [1.165, 1.54) is 17.8 Å². The number of para-hydroxylation sites is 2. The second-order valence-electron chi connectivity index (χ2n) is 6.94. The molecule has 1 unspecified atom stereocenters. The molecular weight excluding hydrogens is 415 g/mol. The summed E-state index contributed by atoms with van der Waals surface area (Å²) in [4.78, 5) is 27.2. The summed E-state index contributed by atoms with van der Waals surface area (Å²) in [7, 11) is 0. The molecule has 31 heavy (non-hydrogen) atoms. The Bertz CT molecular complexity index is 1080. The third kappa shape index (κ3) is 4.88. The minimum atomic E-state index is -0.381. The summed E-state index contributed by atoms with van der Waals surface area (Å²) >= 11 is 1.52. The van der Waals surface area contributed by atoms with Crippen molar-refractivity contribution >= 4 is 29.3 Å². The molecule has 4 rings (SSSR count). The Balaban J connectivity index is 1.44. The largest absolute Gasteiger partial charge is 0.483 e. The third-order valence-electron chi connectivity index (χ3n) is 4.90. The maximum absolute atomic E-state index is 14.2. The highest BCUT2D eigenvalue weighted by Crippen LogP contribution is 2.39. The first-order chi connectivity index (χ1) is 15.1. The number of nitrogens with one attached hydrogen (secondary N) is 1. The van der Waals surface area contributed by atoms with Crippen molar-refractivity contribution < 1.29 is 18.7 Å². The predicted octanol–water partition coefficient (Wildman–Crippen LogP) is 4.73. The molecule has 2 amide bonds. The van der Waals surface area contributed by atoms with Gasteiger partial charge in [-0.3, -0.25) is 9.59 Å². The third-order valence-corrected chi connectivity index (χ3v) is 6.14. The van der Waals surface area contributed by atoms with Gasteiger partial charge in [-0.2, -0.15) is 0 Å². The van der Waals surface area contributed by atoms with E-state index in [4.69, 9.17) is 4.74 Å². The Morgan fingerprint density at radius 1 is 1.00 bits per heavy atom. The van der Waals surface area contributed by atoms with Crippen LogP contribution < -0.4 is 10.1 Å². The van der Waals surface area contributed by atoms with Gasteiger partial charge in [-0.25, -0.2) is 4.39 Å². The summed E-state index contributed by atoms with van der Waals surface area (Å²) in [6.45, 7) is 0.281. The van der Waals surface area contributed by atoms with Gasteiger partial charge in [0.1, 0.15) is 16.9 Å². The van der Waals surface area contributed by atoms with Crippen molar-refractivity contribution in [3.05, 3.63) is 95.8 Å². The molecule has 0 bridgehead atoms. The highest BCUT2D eigenvalue weighted by Gasteiger charge is 2.32. The average Bonchev–Trinajstić information content (AvgIpc) is 3.28. The van der Waals surface area contributed by atoms with Crippen LogP contribution in [0.2, 0.25) is 0 Å². The minimum absolute atomic E-state index is 0.235. The lowest BCUT2D eigenvalue weighted by molar-refractivity contribution is -0.133. The molecule has 3 aromatic carbocycles. The molecule has 1 heterocycles. The number of anilines is 1. The van der Waals surface area contributed by atoms with E-state index in [0.29, 0.717) is 29.1 Å². The van der Waals surface area contributed by atoms with Gasteiger partial charge in [0.25, 0.3) is 11.8 Å². The molecule has 1 aliphatic rings. The number of amides is 2. The maximum Gasteiger partial charge on any atom is 0.261 e. The van der Waals surface area contributed by atoms with E-state index in [1.807, 2.05) is 18.2 Å². The van der Waals surface area contributed by atoms with E-state index in [1.54, 1.807) is 59.5 Å². The number of nitrogens with zero attached hydrogens (tertiary/aromatic N) is 1. The first-order valence-corrected chi connectivity index (χ1v) is 10.9. The van der Waals surface area contributed by atoms with Crippen LogP contribution in [-0.2, 0) is 4.79 Å². The van der Waals surface area contributed by atoms with Crippen molar-refractivity contribution in [1.29, 1.82) is 0 Å². The van der Waals surface area contributed by atoms with Gasteiger partial charge in [0.2, 0.25) is 0 Å². The van der Waals surface area contributed by atoms with Gasteiger partial charge in [-0.05, 0) is 30.3 Å². The average molecular weight is 437 g/mol. The highest BCUT2D eigenvalue weighted by molar-refractivity contribution is 7.99. The molecule has 1 saturated heterocycles. The van der Waals surface area contributed by atoms with E-state index in [9.17, 15) is 14.0 Å². The number of carbonyl (C=O) groups is 2. The molecular formula is C24H21FN2O3S. The van der Waals surface area contributed by atoms with E-state index >= 15 is 0 Å². The summed E-state index contributed by atoms with van der Waals surface area (Å²) in [6, 6.07) is 22.4. The molecule has 0 spiro atoms. The summed E-state index contributed by atoms with van der Waals surface area (Å²) in [6.07, 6.45) is 0. The van der Waals surface area contributed by atoms with Crippen LogP contribution in [0.25, 0.3) is 0 Å². The summed E-state index contributed by atoms with van der Waals surface area (Å²) < 4.78 is 20.0. The van der Waals surface area contributed by atoms with Crippen LogP contribution in [0.1, 0.15) is 21.3 Å². The van der Waals surface area contributed by atoms with Crippen molar-refractivity contribution in [1.82, 2.24) is 4.90 Å². The first kappa shape index (κ1) is 20.9. The number of carbonyl (C=O) groups excluding carboxylic acids is 2. The molecule has 0 aromatic heterocycles. The number of benzene rings is 3. The zero-order valence-electron chi connectivity index (χ0n) is 16.7. The monoisotopic (exact) mass is 436 g/mol. The number of ether oxygens (including phenoxy) is 1. The first-order valence-electron chi connectivity index (χ1n) is 9.87. The van der Waals surface area contributed by atoms with Crippen molar-refractivity contribution in [2.24, 2.45) is 0 Å². The fraction of sp³-hybridized carbons (Fsp3) is 0.167. The molecule has 1 aliphatic heterocycles. The molecule has 158 valence electrons. The number of hydrogen-bond acceptors (Lipinski definition) is 4. The molecule has 5 nitrogen and oxygen atoms in total. The normalized spacial score (nSPS) is 15.5. The zero-order valence-corrected chi connectivity index (χ0v) is 17.5. The summed E-state index contributed by atoms with van der Waals surface area (Å²) in [5.41, 5.74) is 1.49. The Labute approximate surface area is 184 Å². The van der Waals surface area contributed by atoms with E-state index < -0.39 is 0 Å². The summed E-state index contributed by atoms with van der Waals surface area (Å²) in [5.74, 6) is 0.134. The molecule has 3 aromatic rings. The van der Waals surface area contributed by atoms with E-state index in [0.717, 1.165) is 5.75 Å². The standard InChI is InChI=1S/C24H21FN2O3S/c25-20-12-6-4-10-18(20)24-27(14-15-31-24)22(28)16-30-21-13-7-5-11-19(21)23(29)26-17-8-2-1-3-9-17/h1-13,24H,14-16H2,(H,26,29). The van der Waals surface area contributed by atoms with Crippen molar-refractivity contribution in [3.8, 4) is 5.75 Å². The van der Waals surface area contributed by atoms with Crippen molar-refractivity contribution in [2.75, 3.05) is 24.2 Å². The smallest absolute Gasteiger partial charge is 0.261 e. The quantitative estimate of drug-likeness (QED) is 0.607. The Hall–Kier alpha value is -3.32. The Morgan fingerprint density at radius 2 is 1.71 bits per heavy atom. The van der Waals surface area contributed by atoms with Gasteiger partial charge in [0.05, 0.1) is 5.56 Å². The van der Waals surface area contributed by atoms with Crippen LogP contribution in [0.15, 0.2) is 78.9 Å². The molecule has 0 radical (unpaired) electrons. The number of thioether (sulfide) groups is 1. The minimum Gasteiger partial charge on any atom is -0.483 e. The Kier molecular flexibility index (Phi) is 6.52. The van der Waals surface area contributed by atoms with Crippen molar-refractivity contribution in [2.45, 2.75) is 5.37 Å². The molecule has 0 saturated carbocycles. The van der Waals surface area contributed by atoms with Crippen LogP contribution in [0.4, 0.5) is 10.1 Å². The second kappa shape index (κ2) is 9.66. The maximum atomic E-state index is 14.2. The van der Waals surface area contributed by atoms with Crippen LogP contribution in [0.5, 0.6) is 5.75 Å². The van der Waals surface area contributed by atoms with Gasteiger partial charge < -0.3 is 15.0 Å². The highest BCUT2D eigenvalue weighted by atomic mass is 32.2. The van der Waals surface area contributed by atoms with E-state index in [-0.39, 0.29) is 29.6 Å². The molecule has 7 heteroatoms.